The molecule has 39 heavy (non-hydrogen) atoms. The number of fused-ring (bicyclic) bond motifs is 3. The summed E-state index contributed by atoms with van der Waals surface area (Å²) in [7, 11) is -5.26. The number of halogens is 3. The molecule has 0 spiro atoms. The molecule has 0 saturated carbocycles. The Morgan fingerprint density at radius 1 is 0.590 bits per heavy atom. The number of hydrogen-bond acceptors (Lipinski definition) is 3. The van der Waals surface area contributed by atoms with Crippen molar-refractivity contribution >= 4 is 21.0 Å². The van der Waals surface area contributed by atoms with E-state index in [0.29, 0.717) is 5.56 Å². The lowest BCUT2D eigenvalue weighted by molar-refractivity contribution is 0.417. The fourth-order valence-electron chi connectivity index (χ4n) is 4.58. The first-order valence-corrected chi connectivity index (χ1v) is 14.5. The maximum absolute atomic E-state index is 13.9. The highest BCUT2D eigenvalue weighted by molar-refractivity contribution is 7.97. The smallest absolute Gasteiger partial charge is 0.196 e. The Labute approximate surface area is 227 Å². The predicted molar refractivity (Wildman–Crippen MR) is 144 cm³/mol. The fraction of sp³-hybridized carbons (Fsp3) is 0.0323. The van der Waals surface area contributed by atoms with E-state index in [1.165, 1.54) is 20.8 Å². The van der Waals surface area contributed by atoms with E-state index in [-0.39, 0.29) is 34.0 Å². The van der Waals surface area contributed by atoms with Crippen molar-refractivity contribution in [1.82, 2.24) is 0 Å². The largest absolute Gasteiger partial charge is 0.744 e. The van der Waals surface area contributed by atoms with Crippen LogP contribution in [0.25, 0.3) is 11.1 Å². The second-order valence-electron chi connectivity index (χ2n) is 8.66. The van der Waals surface area contributed by atoms with E-state index in [2.05, 4.69) is 91.0 Å². The van der Waals surface area contributed by atoms with Crippen LogP contribution in [0.1, 0.15) is 11.1 Å². The molecule has 3 nitrogen and oxygen atoms in total. The Hall–Kier alpha value is -3.85. The summed E-state index contributed by atoms with van der Waals surface area (Å²) in [6, 6.07) is 38.4. The molecule has 0 atom stereocenters. The van der Waals surface area contributed by atoms with Gasteiger partial charge in [-0.05, 0) is 53.1 Å². The van der Waals surface area contributed by atoms with Crippen molar-refractivity contribution in [3.05, 3.63) is 144 Å². The minimum atomic E-state index is -5.25. The normalized spacial score (nSPS) is 11.9. The summed E-state index contributed by atoms with van der Waals surface area (Å²) in [6.07, 6.45) is -0.129. The fourth-order valence-corrected chi connectivity index (χ4v) is 7.47. The lowest BCUT2D eigenvalue weighted by Gasteiger charge is -2.15. The third-order valence-corrected chi connectivity index (χ3v) is 9.38. The highest BCUT2D eigenvalue weighted by atomic mass is 32.2. The summed E-state index contributed by atoms with van der Waals surface area (Å²) < 4.78 is 74.5. The van der Waals surface area contributed by atoms with Crippen LogP contribution in [0.3, 0.4) is 0 Å². The number of benzene rings is 5. The van der Waals surface area contributed by atoms with Crippen molar-refractivity contribution in [3.8, 4) is 11.1 Å². The van der Waals surface area contributed by atoms with Crippen LogP contribution in [-0.2, 0) is 27.4 Å². The van der Waals surface area contributed by atoms with E-state index in [1.807, 2.05) is 0 Å². The molecule has 8 heteroatoms. The van der Waals surface area contributed by atoms with Crippen LogP contribution in [-0.4, -0.2) is 13.0 Å². The van der Waals surface area contributed by atoms with E-state index in [0.717, 1.165) is 0 Å². The number of hydrogen-bond donors (Lipinski definition) is 0. The third kappa shape index (κ3) is 5.36. The van der Waals surface area contributed by atoms with Gasteiger partial charge in [0, 0.05) is 12.0 Å². The molecule has 6 rings (SSSR count). The molecule has 1 aliphatic carbocycles. The van der Waals surface area contributed by atoms with Gasteiger partial charge in [-0.3, -0.25) is 0 Å². The Kier molecular flexibility index (Phi) is 7.61. The van der Waals surface area contributed by atoms with E-state index in [9.17, 15) is 26.1 Å². The zero-order valence-electron chi connectivity index (χ0n) is 20.4. The Morgan fingerprint density at radius 2 is 1.03 bits per heavy atom. The van der Waals surface area contributed by atoms with Gasteiger partial charge in [0.1, 0.15) is 10.1 Å². The molecule has 0 saturated heterocycles. The number of rotatable bonds is 4. The Balaban J connectivity index is 0.000000158. The van der Waals surface area contributed by atoms with Gasteiger partial charge in [0.2, 0.25) is 0 Å². The van der Waals surface area contributed by atoms with Crippen LogP contribution >= 0.6 is 0 Å². The van der Waals surface area contributed by atoms with Crippen molar-refractivity contribution in [1.29, 1.82) is 0 Å². The molecule has 196 valence electrons. The summed E-state index contributed by atoms with van der Waals surface area (Å²) in [5.74, 6) is -5.38. The maximum Gasteiger partial charge on any atom is 0.196 e. The first-order valence-electron chi connectivity index (χ1n) is 11.9. The van der Waals surface area contributed by atoms with Gasteiger partial charge in [-0.25, -0.2) is 21.6 Å². The van der Waals surface area contributed by atoms with Crippen LogP contribution < -0.4 is 0 Å². The molecule has 5 aromatic carbocycles. The minimum absolute atomic E-state index is 0.0146. The van der Waals surface area contributed by atoms with Crippen molar-refractivity contribution in [2.45, 2.75) is 26.0 Å². The topological polar surface area (TPSA) is 57.2 Å². The molecule has 0 unspecified atom stereocenters. The Morgan fingerprint density at radius 3 is 1.49 bits per heavy atom. The van der Waals surface area contributed by atoms with E-state index in [1.54, 1.807) is 18.2 Å². The minimum Gasteiger partial charge on any atom is -0.744 e. The quantitative estimate of drug-likeness (QED) is 0.128. The van der Waals surface area contributed by atoms with Crippen molar-refractivity contribution in [3.63, 3.8) is 0 Å². The van der Waals surface area contributed by atoms with Crippen LogP contribution in [0.2, 0.25) is 0 Å². The molecule has 0 bridgehead atoms. The summed E-state index contributed by atoms with van der Waals surface area (Å²) in [6.45, 7) is 0. The molecule has 0 fully saturated rings. The van der Waals surface area contributed by atoms with Crippen molar-refractivity contribution in [2.24, 2.45) is 0 Å². The van der Waals surface area contributed by atoms with Gasteiger partial charge in [-0.2, -0.15) is 0 Å². The Bertz CT molecular complexity index is 1630. The first-order chi connectivity index (χ1) is 18.8. The lowest BCUT2D eigenvalue weighted by atomic mass is 10.0. The molecule has 0 aliphatic heterocycles. The molecule has 0 aromatic heterocycles. The van der Waals surface area contributed by atoms with Crippen LogP contribution in [0.5, 0.6) is 0 Å². The standard InChI is InChI=1S/C18H15S.C13H7F3O3S/c1-4-10-16(11-5-1)19(17-12-6-2-7-13-17)18-14-8-3-9-15-18;14-10-9-7-4-2-1-3-6(7)5-8(9)13(20(17,18)19)12(16)11(10)15/h1-15H;1-4H,5H2,(H,17,18,19)/q+1;/p-1. The molecule has 0 heterocycles. The van der Waals surface area contributed by atoms with E-state index < -0.39 is 32.5 Å². The average molecular weight is 563 g/mol. The van der Waals surface area contributed by atoms with Gasteiger partial charge < -0.3 is 4.55 Å². The second-order valence-corrected chi connectivity index (χ2v) is 12.0. The molecule has 0 radical (unpaired) electrons. The maximum atomic E-state index is 13.9. The van der Waals surface area contributed by atoms with Gasteiger partial charge in [0.25, 0.3) is 0 Å². The van der Waals surface area contributed by atoms with Crippen LogP contribution in [0, 0.1) is 17.5 Å². The van der Waals surface area contributed by atoms with Gasteiger partial charge in [-0.15, -0.1) is 0 Å². The first kappa shape index (κ1) is 26.7. The van der Waals surface area contributed by atoms with Crippen molar-refractivity contribution in [2.75, 3.05) is 0 Å². The van der Waals surface area contributed by atoms with Crippen molar-refractivity contribution < 1.29 is 26.1 Å². The summed E-state index contributed by atoms with van der Waals surface area (Å²) in [5, 5.41) is 0. The SMILES string of the molecule is O=S(=O)([O-])c1c(F)c(F)c(F)c2c1Cc1ccccc1-2.c1ccc([S+](c2ccccc2)c2ccccc2)cc1. The lowest BCUT2D eigenvalue weighted by Crippen LogP contribution is -2.10. The zero-order chi connectivity index (χ0) is 27.6. The average Bonchev–Trinajstić information content (AvgIpc) is 3.32. The molecule has 0 amide bonds. The van der Waals surface area contributed by atoms with Gasteiger partial charge in [-0.1, -0.05) is 78.9 Å². The molecular weight excluding hydrogens is 541 g/mol. The highest BCUT2D eigenvalue weighted by Gasteiger charge is 2.33. The monoisotopic (exact) mass is 562 g/mol. The van der Waals surface area contributed by atoms with E-state index in [4.69, 9.17) is 0 Å². The van der Waals surface area contributed by atoms with Crippen LogP contribution in [0.4, 0.5) is 13.2 Å². The predicted octanol–water partition coefficient (Wildman–Crippen LogP) is 7.36. The van der Waals surface area contributed by atoms with Crippen LogP contribution in [0.15, 0.2) is 135 Å². The third-order valence-electron chi connectivity index (χ3n) is 6.22. The van der Waals surface area contributed by atoms with Gasteiger partial charge in [0.15, 0.2) is 32.1 Å². The molecule has 0 N–H and O–H groups in total. The molecule has 1 aliphatic rings. The zero-order valence-corrected chi connectivity index (χ0v) is 22.0. The summed E-state index contributed by atoms with van der Waals surface area (Å²) in [5.41, 5.74) is 0.103. The molecule has 5 aromatic rings. The summed E-state index contributed by atoms with van der Waals surface area (Å²) in [4.78, 5) is 2.78. The van der Waals surface area contributed by atoms with Gasteiger partial charge >= 0.3 is 0 Å². The van der Waals surface area contributed by atoms with E-state index >= 15 is 0 Å². The summed E-state index contributed by atoms with van der Waals surface area (Å²) >= 11 is 0. The highest BCUT2D eigenvalue weighted by Crippen LogP contribution is 2.43. The van der Waals surface area contributed by atoms with Gasteiger partial charge in [0.05, 0.1) is 15.8 Å². The molecular formula is C31H21F3O3S2. The second kappa shape index (κ2) is 11.1.